The van der Waals surface area contributed by atoms with Crippen molar-refractivity contribution < 1.29 is 0 Å². The van der Waals surface area contributed by atoms with Crippen LogP contribution in [0.2, 0.25) is 0 Å². The van der Waals surface area contributed by atoms with Gasteiger partial charge < -0.3 is 10.8 Å². The lowest BCUT2D eigenvalue weighted by Crippen LogP contribution is -2.52. The van der Waals surface area contributed by atoms with E-state index in [0.717, 1.165) is 25.9 Å². The van der Waals surface area contributed by atoms with Gasteiger partial charge in [-0.15, -0.1) is 0 Å². The summed E-state index contributed by atoms with van der Waals surface area (Å²) < 4.78 is 0. The molecule has 54 valence electrons. The smallest absolute Gasteiger partial charge is 0.221 e. The molecule has 0 saturated heterocycles. The van der Waals surface area contributed by atoms with Gasteiger partial charge in [-0.2, -0.15) is 0 Å². The topological polar surface area (TPSA) is 60.6 Å². The fourth-order valence-electron chi connectivity index (χ4n) is 1.73. The summed E-state index contributed by atoms with van der Waals surface area (Å²) in [7, 11) is 1.53. The molecule has 3 heterocycles. The second-order valence-corrected chi connectivity index (χ2v) is 3.31. The summed E-state index contributed by atoms with van der Waals surface area (Å²) >= 11 is 0. The minimum atomic E-state index is 0.618. The summed E-state index contributed by atoms with van der Waals surface area (Å²) in [6.45, 7) is 0. The average molecular weight is 153 g/mol. The molecular formula is C7H5B2N3. The number of pyridine rings is 1. The Bertz CT molecular complexity index is 401. The second kappa shape index (κ2) is 1.68. The first-order chi connectivity index (χ1) is 5.75. The van der Waals surface area contributed by atoms with E-state index >= 15 is 0 Å². The molecule has 0 fully saturated rings. The summed E-state index contributed by atoms with van der Waals surface area (Å²) in [4.78, 5) is 4.26. The molecule has 0 saturated carbocycles. The van der Waals surface area contributed by atoms with Gasteiger partial charge in [-0.1, -0.05) is 17.0 Å². The molecule has 0 amide bonds. The van der Waals surface area contributed by atoms with Crippen LogP contribution >= 0.6 is 0 Å². The SMILES string of the molecule is N=C1Bc2cc3c(nc21)C(=N)B3. The standard InChI is InChI=1S/C7H5B2N3/c10-6-4-2(8-6)1-3-5(12-4)7(11)9-3/h1,8-11H. The Labute approximate surface area is 70.7 Å². The maximum Gasteiger partial charge on any atom is 0.221 e. The molecule has 0 radical (unpaired) electrons. The van der Waals surface area contributed by atoms with Crippen LogP contribution in [0.15, 0.2) is 6.07 Å². The van der Waals surface area contributed by atoms with Crippen molar-refractivity contribution in [2.45, 2.75) is 0 Å². The van der Waals surface area contributed by atoms with E-state index in [1.807, 2.05) is 0 Å². The van der Waals surface area contributed by atoms with E-state index in [0.29, 0.717) is 11.2 Å². The molecule has 0 atom stereocenters. The van der Waals surface area contributed by atoms with Gasteiger partial charge in [0.1, 0.15) is 0 Å². The fraction of sp³-hybridized carbons (Fsp3) is 0. The first kappa shape index (κ1) is 6.17. The molecule has 0 unspecified atom stereocenters. The molecular weight excluding hydrogens is 148 g/mol. The highest BCUT2D eigenvalue weighted by molar-refractivity contribution is 6.98. The highest BCUT2D eigenvalue weighted by atomic mass is 14.8. The van der Waals surface area contributed by atoms with Gasteiger partial charge in [0, 0.05) is 11.2 Å². The zero-order valence-corrected chi connectivity index (χ0v) is 6.44. The zero-order chi connectivity index (χ0) is 8.29. The van der Waals surface area contributed by atoms with E-state index in [1.54, 1.807) is 0 Å². The molecule has 2 N–H and O–H groups in total. The highest BCUT2D eigenvalue weighted by Crippen LogP contribution is 2.08. The summed E-state index contributed by atoms with van der Waals surface area (Å²) in [5.41, 5.74) is 5.24. The lowest BCUT2D eigenvalue weighted by molar-refractivity contribution is 1.26. The normalized spacial score (nSPS) is 16.3. The molecule has 0 bridgehead atoms. The Morgan fingerprint density at radius 2 is 1.50 bits per heavy atom. The van der Waals surface area contributed by atoms with Crippen molar-refractivity contribution in [3.8, 4) is 0 Å². The number of nitrogens with one attached hydrogen (secondary N) is 2. The fourth-order valence-corrected chi connectivity index (χ4v) is 1.73. The maximum atomic E-state index is 7.44. The third kappa shape index (κ3) is 0.534. The summed E-state index contributed by atoms with van der Waals surface area (Å²) in [6.07, 6.45) is 0. The molecule has 12 heavy (non-hydrogen) atoms. The van der Waals surface area contributed by atoms with Crippen molar-refractivity contribution in [2.24, 2.45) is 0 Å². The number of hydrogen-bond donors (Lipinski definition) is 2. The lowest BCUT2D eigenvalue weighted by atomic mass is 9.47. The van der Waals surface area contributed by atoms with Crippen molar-refractivity contribution in [3.63, 3.8) is 0 Å². The van der Waals surface area contributed by atoms with E-state index in [1.165, 1.54) is 10.9 Å². The van der Waals surface area contributed by atoms with Gasteiger partial charge in [-0.3, -0.25) is 0 Å². The van der Waals surface area contributed by atoms with Gasteiger partial charge in [0.2, 0.25) is 14.6 Å². The molecule has 1 aromatic rings. The number of aromatic nitrogens is 1. The molecule has 5 heteroatoms. The van der Waals surface area contributed by atoms with Crippen LogP contribution in [0.1, 0.15) is 11.4 Å². The quantitative estimate of drug-likeness (QED) is 0.411. The molecule has 2 aliphatic rings. The molecule has 0 aromatic carbocycles. The van der Waals surface area contributed by atoms with Crippen LogP contribution in [0.3, 0.4) is 0 Å². The van der Waals surface area contributed by atoms with E-state index < -0.39 is 0 Å². The number of rotatable bonds is 0. The van der Waals surface area contributed by atoms with Crippen molar-refractivity contribution >= 4 is 36.7 Å². The zero-order valence-electron chi connectivity index (χ0n) is 6.44. The third-order valence-corrected chi connectivity index (χ3v) is 2.49. The monoisotopic (exact) mass is 153 g/mol. The largest absolute Gasteiger partial charge is 0.313 e. The Hall–Kier alpha value is -1.38. The molecule has 3 rings (SSSR count). The number of fused-ring (bicyclic) bond motifs is 2. The first-order valence-electron chi connectivity index (χ1n) is 3.94. The van der Waals surface area contributed by atoms with Crippen LogP contribution in [0, 0.1) is 10.8 Å². The first-order valence-corrected chi connectivity index (χ1v) is 3.94. The van der Waals surface area contributed by atoms with Crippen LogP contribution in [0.4, 0.5) is 0 Å². The van der Waals surface area contributed by atoms with E-state index in [-0.39, 0.29) is 0 Å². The summed E-state index contributed by atoms with van der Waals surface area (Å²) in [6, 6.07) is 2.09. The van der Waals surface area contributed by atoms with Crippen LogP contribution in [0.25, 0.3) is 0 Å². The Morgan fingerprint density at radius 3 is 1.92 bits per heavy atom. The van der Waals surface area contributed by atoms with Gasteiger partial charge in [-0.05, 0) is 0 Å². The van der Waals surface area contributed by atoms with Gasteiger partial charge >= 0.3 is 0 Å². The van der Waals surface area contributed by atoms with Gasteiger partial charge in [0.05, 0.1) is 11.4 Å². The highest BCUT2D eigenvalue weighted by Gasteiger charge is 2.30. The maximum absolute atomic E-state index is 7.44. The van der Waals surface area contributed by atoms with Crippen LogP contribution in [0.5, 0.6) is 0 Å². The predicted molar refractivity (Wildman–Crippen MR) is 51.5 cm³/mol. The van der Waals surface area contributed by atoms with Crippen molar-refractivity contribution in [1.29, 1.82) is 10.8 Å². The van der Waals surface area contributed by atoms with Crippen LogP contribution in [-0.2, 0) is 0 Å². The van der Waals surface area contributed by atoms with E-state index in [9.17, 15) is 0 Å². The lowest BCUT2D eigenvalue weighted by Gasteiger charge is -2.25. The van der Waals surface area contributed by atoms with E-state index in [2.05, 4.69) is 11.1 Å². The second-order valence-electron chi connectivity index (χ2n) is 3.31. The molecule has 0 aliphatic carbocycles. The van der Waals surface area contributed by atoms with Gasteiger partial charge in [0.15, 0.2) is 0 Å². The number of hydrogen-bond acceptors (Lipinski definition) is 3. The predicted octanol–water partition coefficient (Wildman–Crippen LogP) is -2.12. The summed E-state index contributed by atoms with van der Waals surface area (Å²) in [5, 5.41) is 14.9. The molecule has 3 nitrogen and oxygen atoms in total. The Balaban J connectivity index is 2.28. The molecule has 1 aromatic heterocycles. The van der Waals surface area contributed by atoms with Gasteiger partial charge in [-0.25, -0.2) is 4.98 Å². The molecule has 2 aliphatic heterocycles. The van der Waals surface area contributed by atoms with Crippen LogP contribution in [-0.4, -0.2) is 30.8 Å². The summed E-state index contributed by atoms with van der Waals surface area (Å²) in [5.74, 6) is 0. The van der Waals surface area contributed by atoms with Gasteiger partial charge in [0.25, 0.3) is 0 Å². The van der Waals surface area contributed by atoms with Crippen molar-refractivity contribution in [1.82, 2.24) is 4.98 Å². The number of nitrogens with zero attached hydrogens (tertiary/aromatic N) is 1. The van der Waals surface area contributed by atoms with Crippen LogP contribution < -0.4 is 10.9 Å². The van der Waals surface area contributed by atoms with Crippen molar-refractivity contribution in [2.75, 3.05) is 0 Å². The van der Waals surface area contributed by atoms with Crippen molar-refractivity contribution in [3.05, 3.63) is 17.5 Å². The minimum absolute atomic E-state index is 0.618. The molecule has 0 spiro atoms. The van der Waals surface area contributed by atoms with E-state index in [4.69, 9.17) is 10.8 Å². The third-order valence-electron chi connectivity index (χ3n) is 2.49. The Kier molecular flexibility index (Phi) is 0.865. The average Bonchev–Trinajstić information content (AvgIpc) is 2.01. The minimum Gasteiger partial charge on any atom is -0.313 e. The Morgan fingerprint density at radius 1 is 1.00 bits per heavy atom.